The lowest BCUT2D eigenvalue weighted by atomic mass is 10.1. The molecule has 1 atom stereocenters. The number of rotatable bonds is 7. The van der Waals surface area contributed by atoms with Gasteiger partial charge in [0.15, 0.2) is 0 Å². The third-order valence-electron chi connectivity index (χ3n) is 3.15. The maximum atomic E-state index is 11.8. The van der Waals surface area contributed by atoms with Crippen LogP contribution in [0.4, 0.5) is 0 Å². The van der Waals surface area contributed by atoms with E-state index >= 15 is 0 Å². The van der Waals surface area contributed by atoms with E-state index in [4.69, 9.17) is 5.11 Å². The molecule has 4 heteroatoms. The van der Waals surface area contributed by atoms with Gasteiger partial charge in [-0.25, -0.2) is 0 Å². The Balaban J connectivity index is 2.32. The van der Waals surface area contributed by atoms with E-state index in [0.717, 1.165) is 6.42 Å². The zero-order valence-corrected chi connectivity index (χ0v) is 11.5. The van der Waals surface area contributed by atoms with Crippen LogP contribution in [0.1, 0.15) is 42.6 Å². The van der Waals surface area contributed by atoms with Gasteiger partial charge in [0.25, 0.3) is 5.91 Å². The molecule has 0 fully saturated rings. The van der Waals surface area contributed by atoms with Crippen molar-refractivity contribution >= 4 is 11.9 Å². The Hall–Kier alpha value is -1.84. The summed E-state index contributed by atoms with van der Waals surface area (Å²) < 4.78 is 0. The van der Waals surface area contributed by atoms with Crippen molar-refractivity contribution in [1.82, 2.24) is 5.32 Å². The van der Waals surface area contributed by atoms with Crippen LogP contribution in [0.5, 0.6) is 0 Å². The molecule has 0 aliphatic carbocycles. The second-order valence-corrected chi connectivity index (χ2v) is 4.69. The van der Waals surface area contributed by atoms with E-state index in [0.29, 0.717) is 24.9 Å². The summed E-state index contributed by atoms with van der Waals surface area (Å²) in [7, 11) is 0. The van der Waals surface area contributed by atoms with Crippen LogP contribution >= 0.6 is 0 Å². The Morgan fingerprint density at radius 1 is 1.26 bits per heavy atom. The predicted octanol–water partition coefficient (Wildman–Crippen LogP) is 2.48. The lowest BCUT2D eigenvalue weighted by Crippen LogP contribution is -2.25. The van der Waals surface area contributed by atoms with Crippen molar-refractivity contribution in [2.75, 3.05) is 6.54 Å². The molecule has 0 radical (unpaired) electrons. The highest BCUT2D eigenvalue weighted by Crippen LogP contribution is 2.06. The number of amides is 1. The van der Waals surface area contributed by atoms with Gasteiger partial charge in [-0.3, -0.25) is 9.59 Å². The van der Waals surface area contributed by atoms with Crippen molar-refractivity contribution < 1.29 is 14.7 Å². The van der Waals surface area contributed by atoms with Crippen molar-refractivity contribution in [1.29, 1.82) is 0 Å². The van der Waals surface area contributed by atoms with Crippen LogP contribution in [0, 0.1) is 5.92 Å². The average molecular weight is 263 g/mol. The van der Waals surface area contributed by atoms with E-state index in [2.05, 4.69) is 12.2 Å². The topological polar surface area (TPSA) is 66.4 Å². The molecule has 0 spiro atoms. The Bertz CT molecular complexity index is 426. The molecular weight excluding hydrogens is 242 g/mol. The summed E-state index contributed by atoms with van der Waals surface area (Å²) >= 11 is 0. The zero-order valence-electron chi connectivity index (χ0n) is 11.5. The summed E-state index contributed by atoms with van der Waals surface area (Å²) in [6, 6.07) is 7.52. The molecule has 2 N–H and O–H groups in total. The quantitative estimate of drug-likeness (QED) is 0.743. The highest BCUT2D eigenvalue weighted by molar-refractivity contribution is 5.94. The number of nitrogens with one attached hydrogen (secondary N) is 1. The second kappa shape index (κ2) is 7.56. The molecule has 0 aliphatic heterocycles. The molecular formula is C15H21NO3. The minimum absolute atomic E-state index is 0.106. The van der Waals surface area contributed by atoms with Crippen LogP contribution < -0.4 is 5.32 Å². The third kappa shape index (κ3) is 5.12. The Morgan fingerprint density at radius 2 is 1.89 bits per heavy atom. The van der Waals surface area contributed by atoms with Crippen molar-refractivity contribution in [3.63, 3.8) is 0 Å². The SMILES string of the molecule is CCc1ccc(C(=O)NCCCC(C)C(=O)O)cc1. The number of carboxylic acid groups (broad SMARTS) is 1. The molecule has 0 saturated carbocycles. The summed E-state index contributed by atoms with van der Waals surface area (Å²) in [6.07, 6.45) is 2.20. The molecule has 0 saturated heterocycles. The Labute approximate surface area is 113 Å². The monoisotopic (exact) mass is 263 g/mol. The summed E-state index contributed by atoms with van der Waals surface area (Å²) in [4.78, 5) is 22.4. The first-order valence-corrected chi connectivity index (χ1v) is 6.64. The van der Waals surface area contributed by atoms with E-state index < -0.39 is 5.97 Å². The largest absolute Gasteiger partial charge is 0.481 e. The maximum absolute atomic E-state index is 11.8. The number of carbonyl (C=O) groups is 2. The van der Waals surface area contributed by atoms with Gasteiger partial charge in [-0.15, -0.1) is 0 Å². The lowest BCUT2D eigenvalue weighted by molar-refractivity contribution is -0.141. The van der Waals surface area contributed by atoms with Crippen molar-refractivity contribution in [3.05, 3.63) is 35.4 Å². The molecule has 0 bridgehead atoms. The van der Waals surface area contributed by atoms with Gasteiger partial charge in [0.1, 0.15) is 0 Å². The Morgan fingerprint density at radius 3 is 2.42 bits per heavy atom. The van der Waals surface area contributed by atoms with Crippen molar-refractivity contribution in [3.8, 4) is 0 Å². The van der Waals surface area contributed by atoms with E-state index in [1.165, 1.54) is 5.56 Å². The fourth-order valence-corrected chi connectivity index (χ4v) is 1.73. The number of carbonyl (C=O) groups excluding carboxylic acids is 1. The van der Waals surface area contributed by atoms with Gasteiger partial charge in [0.2, 0.25) is 0 Å². The van der Waals surface area contributed by atoms with E-state index in [1.807, 2.05) is 24.3 Å². The third-order valence-corrected chi connectivity index (χ3v) is 3.15. The number of hydrogen-bond donors (Lipinski definition) is 2. The highest BCUT2D eigenvalue weighted by Gasteiger charge is 2.10. The van der Waals surface area contributed by atoms with Gasteiger partial charge in [-0.1, -0.05) is 26.0 Å². The molecule has 1 aromatic rings. The number of hydrogen-bond acceptors (Lipinski definition) is 2. The van der Waals surface area contributed by atoms with Gasteiger partial charge < -0.3 is 10.4 Å². The normalized spacial score (nSPS) is 11.9. The van der Waals surface area contributed by atoms with E-state index in [1.54, 1.807) is 6.92 Å². The summed E-state index contributed by atoms with van der Waals surface area (Å²) in [5.41, 5.74) is 1.84. The number of benzene rings is 1. The smallest absolute Gasteiger partial charge is 0.306 e. The summed E-state index contributed by atoms with van der Waals surface area (Å²) in [5.74, 6) is -1.26. The Kier molecular flexibility index (Phi) is 6.06. The van der Waals surface area contributed by atoms with Gasteiger partial charge in [-0.05, 0) is 37.0 Å². The maximum Gasteiger partial charge on any atom is 0.306 e. The molecule has 1 rings (SSSR count). The molecule has 1 aromatic carbocycles. The van der Waals surface area contributed by atoms with Gasteiger partial charge in [-0.2, -0.15) is 0 Å². The molecule has 19 heavy (non-hydrogen) atoms. The predicted molar refractivity (Wildman–Crippen MR) is 74.2 cm³/mol. The fraction of sp³-hybridized carbons (Fsp3) is 0.467. The van der Waals surface area contributed by atoms with Gasteiger partial charge in [0.05, 0.1) is 5.92 Å². The zero-order chi connectivity index (χ0) is 14.3. The van der Waals surface area contributed by atoms with Crippen LogP contribution in [0.3, 0.4) is 0 Å². The second-order valence-electron chi connectivity index (χ2n) is 4.69. The van der Waals surface area contributed by atoms with Crippen LogP contribution in [0.2, 0.25) is 0 Å². The molecule has 1 unspecified atom stereocenters. The van der Waals surface area contributed by atoms with Crippen molar-refractivity contribution in [2.45, 2.75) is 33.1 Å². The number of carboxylic acids is 1. The van der Waals surface area contributed by atoms with E-state index in [9.17, 15) is 9.59 Å². The fourth-order valence-electron chi connectivity index (χ4n) is 1.73. The number of aryl methyl sites for hydroxylation is 1. The number of aliphatic carboxylic acids is 1. The summed E-state index contributed by atoms with van der Waals surface area (Å²) in [5, 5.41) is 11.5. The van der Waals surface area contributed by atoms with Gasteiger partial charge >= 0.3 is 5.97 Å². The first-order chi connectivity index (χ1) is 9.04. The molecule has 4 nitrogen and oxygen atoms in total. The minimum Gasteiger partial charge on any atom is -0.481 e. The van der Waals surface area contributed by atoms with E-state index in [-0.39, 0.29) is 11.8 Å². The standard InChI is InChI=1S/C15H21NO3/c1-3-12-6-8-13(9-7-12)14(17)16-10-4-5-11(2)15(18)19/h6-9,11H,3-5,10H2,1-2H3,(H,16,17)(H,18,19). The first kappa shape index (κ1) is 15.2. The van der Waals surface area contributed by atoms with Crippen molar-refractivity contribution in [2.24, 2.45) is 5.92 Å². The van der Waals surface area contributed by atoms with Crippen LogP contribution in [-0.2, 0) is 11.2 Å². The molecule has 104 valence electrons. The van der Waals surface area contributed by atoms with Gasteiger partial charge in [0, 0.05) is 12.1 Å². The lowest BCUT2D eigenvalue weighted by Gasteiger charge is -2.08. The van der Waals surface area contributed by atoms with Crippen LogP contribution in [0.15, 0.2) is 24.3 Å². The first-order valence-electron chi connectivity index (χ1n) is 6.64. The molecule has 0 aromatic heterocycles. The molecule has 1 amide bonds. The van der Waals surface area contributed by atoms with Crippen LogP contribution in [0.25, 0.3) is 0 Å². The average Bonchev–Trinajstić information content (AvgIpc) is 2.43. The highest BCUT2D eigenvalue weighted by atomic mass is 16.4. The summed E-state index contributed by atoms with van der Waals surface area (Å²) in [6.45, 7) is 4.25. The minimum atomic E-state index is -0.790. The molecule has 0 aliphatic rings. The van der Waals surface area contributed by atoms with Crippen LogP contribution in [-0.4, -0.2) is 23.5 Å². The molecule has 0 heterocycles.